The van der Waals surface area contributed by atoms with Gasteiger partial charge in [0.05, 0.1) is 16.6 Å². The Bertz CT molecular complexity index is 1110. The van der Waals surface area contributed by atoms with Gasteiger partial charge in [-0.05, 0) is 29.2 Å². The summed E-state index contributed by atoms with van der Waals surface area (Å²) in [7, 11) is 0. The first-order valence-corrected chi connectivity index (χ1v) is 11.2. The van der Waals surface area contributed by atoms with Gasteiger partial charge in [0.15, 0.2) is 0 Å². The van der Waals surface area contributed by atoms with Crippen LogP contribution in [0.25, 0.3) is 11.1 Å². The fourth-order valence-electron chi connectivity index (χ4n) is 4.74. The van der Waals surface area contributed by atoms with Crippen LogP contribution in [0.5, 0.6) is 0 Å². The number of carbonyl (C=O) groups is 2. The molecule has 1 amide bonds. The first kappa shape index (κ1) is 19.8. The van der Waals surface area contributed by atoms with Gasteiger partial charge in [-0.3, -0.25) is 4.79 Å². The SMILES string of the molecule is Cc1nc(C2CN(C(=O)OCC3c4ccccc4-c4ccccc43)CC2C(=O)O)cs1. The maximum absolute atomic E-state index is 12.9. The Labute approximate surface area is 184 Å². The largest absolute Gasteiger partial charge is 0.481 e. The number of nitrogens with zero attached hydrogens (tertiary/aromatic N) is 2. The molecule has 0 spiro atoms. The number of benzene rings is 2. The van der Waals surface area contributed by atoms with Crippen molar-refractivity contribution in [1.82, 2.24) is 9.88 Å². The van der Waals surface area contributed by atoms with E-state index in [4.69, 9.17) is 4.74 Å². The Kier molecular flexibility index (Phi) is 4.98. The summed E-state index contributed by atoms with van der Waals surface area (Å²) >= 11 is 1.49. The number of likely N-dealkylation sites (tertiary alicyclic amines) is 1. The summed E-state index contributed by atoms with van der Waals surface area (Å²) in [6, 6.07) is 16.4. The summed E-state index contributed by atoms with van der Waals surface area (Å²) in [6.45, 7) is 2.55. The van der Waals surface area contributed by atoms with Gasteiger partial charge >= 0.3 is 12.1 Å². The molecule has 1 aliphatic heterocycles. The molecule has 5 rings (SSSR count). The highest BCUT2D eigenvalue weighted by atomic mass is 32.1. The molecular weight excluding hydrogens is 412 g/mol. The van der Waals surface area contributed by atoms with Crippen molar-refractivity contribution in [2.75, 3.05) is 19.7 Å². The number of aryl methyl sites for hydroxylation is 1. The van der Waals surface area contributed by atoms with Crippen LogP contribution in [-0.4, -0.2) is 46.7 Å². The number of amides is 1. The molecule has 7 heteroatoms. The highest BCUT2D eigenvalue weighted by Crippen LogP contribution is 2.44. The fraction of sp³-hybridized carbons (Fsp3) is 0.292. The first-order valence-electron chi connectivity index (χ1n) is 10.3. The molecule has 1 fully saturated rings. The number of aliphatic carboxylic acids is 1. The molecule has 158 valence electrons. The normalized spacial score (nSPS) is 19.8. The average Bonchev–Trinajstić information content (AvgIpc) is 3.47. The summed E-state index contributed by atoms with van der Waals surface area (Å²) in [5, 5.41) is 12.4. The third-order valence-electron chi connectivity index (χ3n) is 6.25. The second kappa shape index (κ2) is 7.81. The van der Waals surface area contributed by atoms with Crippen LogP contribution in [0.1, 0.15) is 33.7 Å². The second-order valence-corrected chi connectivity index (χ2v) is 9.11. The van der Waals surface area contributed by atoms with E-state index >= 15 is 0 Å². The van der Waals surface area contributed by atoms with Crippen molar-refractivity contribution in [3.8, 4) is 11.1 Å². The third kappa shape index (κ3) is 3.49. The number of fused-ring (bicyclic) bond motifs is 3. The number of aromatic nitrogens is 1. The monoisotopic (exact) mass is 434 g/mol. The number of carboxylic acids is 1. The maximum atomic E-state index is 12.9. The summed E-state index contributed by atoms with van der Waals surface area (Å²) < 4.78 is 5.72. The smallest absolute Gasteiger partial charge is 0.409 e. The van der Waals surface area contributed by atoms with Gasteiger partial charge < -0.3 is 14.7 Å². The Balaban J connectivity index is 1.32. The van der Waals surface area contributed by atoms with Crippen molar-refractivity contribution < 1.29 is 19.4 Å². The summed E-state index contributed by atoms with van der Waals surface area (Å²) in [6.07, 6.45) is -0.470. The van der Waals surface area contributed by atoms with Gasteiger partial charge in [0.1, 0.15) is 6.61 Å². The minimum atomic E-state index is -0.912. The molecule has 31 heavy (non-hydrogen) atoms. The molecule has 2 aromatic carbocycles. The van der Waals surface area contributed by atoms with Gasteiger partial charge in [-0.15, -0.1) is 11.3 Å². The van der Waals surface area contributed by atoms with Crippen molar-refractivity contribution in [3.63, 3.8) is 0 Å². The number of rotatable bonds is 4. The molecule has 3 aromatic rings. The molecule has 0 radical (unpaired) electrons. The van der Waals surface area contributed by atoms with E-state index in [9.17, 15) is 14.7 Å². The van der Waals surface area contributed by atoms with Crippen molar-refractivity contribution in [3.05, 3.63) is 75.7 Å². The predicted molar refractivity (Wildman–Crippen MR) is 117 cm³/mol. The standard InChI is InChI=1S/C24H22N2O4S/c1-14-25-22(13-31-14)19-10-26(11-20(19)23(27)28)24(29)30-12-21-17-8-4-2-6-15(17)16-7-3-5-9-18(16)21/h2-9,13,19-21H,10-12H2,1H3,(H,27,28). The van der Waals surface area contributed by atoms with Crippen molar-refractivity contribution in [2.24, 2.45) is 5.92 Å². The summed E-state index contributed by atoms with van der Waals surface area (Å²) in [4.78, 5) is 30.6. The van der Waals surface area contributed by atoms with Gasteiger partial charge in [-0.2, -0.15) is 0 Å². The van der Waals surface area contributed by atoms with E-state index in [0.29, 0.717) is 6.54 Å². The van der Waals surface area contributed by atoms with Crippen LogP contribution in [0.15, 0.2) is 53.9 Å². The van der Waals surface area contributed by atoms with Crippen LogP contribution in [0, 0.1) is 12.8 Å². The predicted octanol–water partition coefficient (Wildman–Crippen LogP) is 4.50. The Hall–Kier alpha value is -3.19. The molecule has 2 heterocycles. The van der Waals surface area contributed by atoms with Gasteiger partial charge in [-0.1, -0.05) is 48.5 Å². The highest BCUT2D eigenvalue weighted by molar-refractivity contribution is 7.09. The van der Waals surface area contributed by atoms with Crippen LogP contribution in [0.3, 0.4) is 0 Å². The zero-order chi connectivity index (χ0) is 21.5. The first-order chi connectivity index (χ1) is 15.0. The van der Waals surface area contributed by atoms with Crippen molar-refractivity contribution >= 4 is 23.4 Å². The quantitative estimate of drug-likeness (QED) is 0.654. The highest BCUT2D eigenvalue weighted by Gasteiger charge is 2.42. The number of carbonyl (C=O) groups excluding carboxylic acids is 1. The number of hydrogen-bond donors (Lipinski definition) is 1. The molecule has 0 bridgehead atoms. The lowest BCUT2D eigenvalue weighted by atomic mass is 9.94. The molecule has 1 aliphatic carbocycles. The van der Waals surface area contributed by atoms with Crippen LogP contribution < -0.4 is 0 Å². The molecule has 1 N–H and O–H groups in total. The van der Waals surface area contributed by atoms with E-state index in [1.54, 1.807) is 0 Å². The number of thiazole rings is 1. The van der Waals surface area contributed by atoms with E-state index in [1.165, 1.54) is 27.4 Å². The molecular formula is C24H22N2O4S. The third-order valence-corrected chi connectivity index (χ3v) is 7.04. The topological polar surface area (TPSA) is 79.7 Å². The number of carboxylic acid groups (broad SMARTS) is 1. The van der Waals surface area contributed by atoms with Crippen molar-refractivity contribution in [1.29, 1.82) is 0 Å². The molecule has 2 unspecified atom stereocenters. The van der Waals surface area contributed by atoms with E-state index in [1.807, 2.05) is 36.6 Å². The number of hydrogen-bond acceptors (Lipinski definition) is 5. The number of ether oxygens (including phenoxy) is 1. The molecule has 2 aliphatic rings. The molecule has 1 saturated heterocycles. The molecule has 2 atom stereocenters. The van der Waals surface area contributed by atoms with Crippen LogP contribution in [0.2, 0.25) is 0 Å². The van der Waals surface area contributed by atoms with E-state index < -0.39 is 18.0 Å². The lowest BCUT2D eigenvalue weighted by Crippen LogP contribution is -2.31. The Morgan fingerprint density at radius 1 is 1.10 bits per heavy atom. The van der Waals surface area contributed by atoms with E-state index in [-0.39, 0.29) is 25.0 Å². The van der Waals surface area contributed by atoms with E-state index in [2.05, 4.69) is 29.2 Å². The molecule has 0 saturated carbocycles. The average molecular weight is 435 g/mol. The lowest BCUT2D eigenvalue weighted by Gasteiger charge is -2.19. The van der Waals surface area contributed by atoms with Gasteiger partial charge in [0.25, 0.3) is 0 Å². The summed E-state index contributed by atoms with van der Waals surface area (Å²) in [5.41, 5.74) is 5.38. The second-order valence-electron chi connectivity index (χ2n) is 8.05. The summed E-state index contributed by atoms with van der Waals surface area (Å²) in [5.74, 6) is -1.93. The van der Waals surface area contributed by atoms with Gasteiger partial charge in [-0.25, -0.2) is 9.78 Å². The van der Waals surface area contributed by atoms with Crippen molar-refractivity contribution in [2.45, 2.75) is 18.8 Å². The zero-order valence-electron chi connectivity index (χ0n) is 17.0. The van der Waals surface area contributed by atoms with Crippen LogP contribution in [-0.2, 0) is 9.53 Å². The van der Waals surface area contributed by atoms with Crippen LogP contribution >= 0.6 is 11.3 Å². The van der Waals surface area contributed by atoms with Gasteiger partial charge in [0, 0.05) is 30.3 Å². The molecule has 1 aromatic heterocycles. The Morgan fingerprint density at radius 3 is 2.32 bits per heavy atom. The van der Waals surface area contributed by atoms with Crippen LogP contribution in [0.4, 0.5) is 4.79 Å². The maximum Gasteiger partial charge on any atom is 0.409 e. The zero-order valence-corrected chi connectivity index (χ0v) is 17.8. The van der Waals surface area contributed by atoms with E-state index in [0.717, 1.165) is 21.8 Å². The van der Waals surface area contributed by atoms with Gasteiger partial charge in [0.2, 0.25) is 0 Å². The minimum Gasteiger partial charge on any atom is -0.481 e. The lowest BCUT2D eigenvalue weighted by molar-refractivity contribution is -0.141. The Morgan fingerprint density at radius 2 is 1.74 bits per heavy atom. The minimum absolute atomic E-state index is 0.0220. The molecule has 6 nitrogen and oxygen atoms in total. The fourth-order valence-corrected chi connectivity index (χ4v) is 5.42.